The fraction of sp³-hybridized carbons (Fsp3) is 0.654. The molecule has 0 bridgehead atoms. The smallest absolute Gasteiger partial charge is 0.303 e. The van der Waals surface area contributed by atoms with Crippen molar-refractivity contribution >= 4 is 12.0 Å². The molecule has 31 heavy (non-hydrogen) atoms. The first-order chi connectivity index (χ1) is 15.0. The second kappa shape index (κ2) is 16.8. The Bertz CT molecular complexity index is 675. The fourth-order valence-corrected chi connectivity index (χ4v) is 3.72. The highest BCUT2D eigenvalue weighted by Gasteiger charge is 2.10. The zero-order chi connectivity index (χ0) is 22.9. The number of aliphatic carboxylic acids is 1. The molecular weight excluding hydrogens is 390 g/mol. The number of aliphatic hydroxyl groups excluding tert-OH is 2. The maximum absolute atomic E-state index is 10.6. The van der Waals surface area contributed by atoms with Gasteiger partial charge < -0.3 is 19.9 Å². The van der Waals surface area contributed by atoms with E-state index < -0.39 is 12.1 Å². The molecule has 1 rings (SSSR count). The third-order valence-electron chi connectivity index (χ3n) is 5.67. The predicted molar refractivity (Wildman–Crippen MR) is 128 cm³/mol. The van der Waals surface area contributed by atoms with Gasteiger partial charge in [0.15, 0.2) is 0 Å². The van der Waals surface area contributed by atoms with Gasteiger partial charge in [-0.1, -0.05) is 63.3 Å². The van der Waals surface area contributed by atoms with E-state index in [1.165, 1.54) is 11.3 Å². The van der Waals surface area contributed by atoms with Gasteiger partial charge in [-0.2, -0.15) is 0 Å². The van der Waals surface area contributed by atoms with E-state index in [9.17, 15) is 9.90 Å². The first-order valence-corrected chi connectivity index (χ1v) is 12.0. The predicted octanol–water partition coefficient (Wildman–Crippen LogP) is 5.66. The van der Waals surface area contributed by atoms with Crippen molar-refractivity contribution in [2.75, 3.05) is 6.61 Å². The molecule has 0 amide bonds. The van der Waals surface area contributed by atoms with Gasteiger partial charge in [0.2, 0.25) is 0 Å². The monoisotopic (exact) mass is 433 g/mol. The molecule has 0 saturated carbocycles. The van der Waals surface area contributed by atoms with Crippen molar-refractivity contribution in [3.8, 4) is 0 Å². The Morgan fingerprint density at radius 1 is 1.10 bits per heavy atom. The number of carbonyl (C=O) groups is 1. The van der Waals surface area contributed by atoms with Gasteiger partial charge in [0.1, 0.15) is 0 Å². The van der Waals surface area contributed by atoms with Crippen LogP contribution in [0.5, 0.6) is 0 Å². The molecular formula is C26H43NO4. The summed E-state index contributed by atoms with van der Waals surface area (Å²) in [5, 5.41) is 27.9. The molecule has 1 aromatic rings. The maximum atomic E-state index is 10.6. The zero-order valence-corrected chi connectivity index (χ0v) is 19.6. The quantitative estimate of drug-likeness (QED) is 0.206. The standard InChI is InChI=1S/C26H43NO4/c1-3-4-9-14-24(29)18-17-23-21-27(19-12-7-8-13-20-28)22(2)25(23)15-10-5-6-11-16-26(30)31/h5,10,17-18,21,24,28-29H,3-4,6-9,11-16,19-20H2,1-2H3,(H,30,31)/b10-5-,18-17+/t24-/m0/s1. The minimum atomic E-state index is -0.745. The van der Waals surface area contributed by atoms with Gasteiger partial charge in [-0.15, -0.1) is 0 Å². The van der Waals surface area contributed by atoms with E-state index >= 15 is 0 Å². The Morgan fingerprint density at radius 2 is 1.87 bits per heavy atom. The number of aliphatic hydroxyl groups is 2. The van der Waals surface area contributed by atoms with E-state index in [-0.39, 0.29) is 13.0 Å². The molecule has 1 heterocycles. The second-order valence-corrected chi connectivity index (χ2v) is 8.36. The number of allylic oxidation sites excluding steroid dienone is 2. The fourth-order valence-electron chi connectivity index (χ4n) is 3.72. The van der Waals surface area contributed by atoms with Crippen molar-refractivity contribution in [3.05, 3.63) is 41.2 Å². The molecule has 0 fully saturated rings. The van der Waals surface area contributed by atoms with Gasteiger partial charge in [-0.3, -0.25) is 4.79 Å². The van der Waals surface area contributed by atoms with Crippen molar-refractivity contribution in [1.82, 2.24) is 4.57 Å². The highest BCUT2D eigenvalue weighted by molar-refractivity contribution is 5.66. The average molecular weight is 434 g/mol. The van der Waals surface area contributed by atoms with Crippen molar-refractivity contribution in [2.45, 2.75) is 104 Å². The van der Waals surface area contributed by atoms with Crippen LogP contribution < -0.4 is 0 Å². The Balaban J connectivity index is 2.79. The van der Waals surface area contributed by atoms with Gasteiger partial charge in [-0.25, -0.2) is 0 Å². The minimum absolute atomic E-state index is 0.208. The molecule has 176 valence electrons. The summed E-state index contributed by atoms with van der Waals surface area (Å²) in [4.78, 5) is 10.6. The summed E-state index contributed by atoms with van der Waals surface area (Å²) in [5.41, 5.74) is 3.66. The third-order valence-corrected chi connectivity index (χ3v) is 5.67. The van der Waals surface area contributed by atoms with Crippen molar-refractivity contribution in [3.63, 3.8) is 0 Å². The van der Waals surface area contributed by atoms with Crippen molar-refractivity contribution in [1.29, 1.82) is 0 Å². The van der Waals surface area contributed by atoms with E-state index in [0.717, 1.165) is 76.3 Å². The summed E-state index contributed by atoms with van der Waals surface area (Å²) in [6.45, 7) is 5.54. The van der Waals surface area contributed by atoms with E-state index in [1.54, 1.807) is 0 Å². The number of unbranched alkanes of at least 4 members (excludes halogenated alkanes) is 6. The lowest BCUT2D eigenvalue weighted by molar-refractivity contribution is -0.137. The molecule has 1 atom stereocenters. The molecule has 3 N–H and O–H groups in total. The van der Waals surface area contributed by atoms with Gasteiger partial charge in [0.05, 0.1) is 6.10 Å². The Kier molecular flexibility index (Phi) is 14.7. The SMILES string of the molecule is CCCCC[C@H](O)/C=C/c1cn(CCCCCCO)c(C)c1C/C=C\CCCC(=O)O. The topological polar surface area (TPSA) is 82.7 Å². The summed E-state index contributed by atoms with van der Waals surface area (Å²) in [7, 11) is 0. The van der Waals surface area contributed by atoms with Crippen LogP contribution in [0.1, 0.15) is 94.4 Å². The molecule has 0 radical (unpaired) electrons. The molecule has 0 unspecified atom stereocenters. The van der Waals surface area contributed by atoms with Crippen LogP contribution in [0.4, 0.5) is 0 Å². The molecule has 5 nitrogen and oxygen atoms in total. The Morgan fingerprint density at radius 3 is 2.58 bits per heavy atom. The first-order valence-electron chi connectivity index (χ1n) is 12.0. The summed E-state index contributed by atoms with van der Waals surface area (Å²) >= 11 is 0. The van der Waals surface area contributed by atoms with Crippen LogP contribution in [0.25, 0.3) is 6.08 Å². The Labute approximate surface area is 188 Å². The van der Waals surface area contributed by atoms with Crippen LogP contribution in [-0.2, 0) is 17.8 Å². The lowest BCUT2D eigenvalue weighted by Crippen LogP contribution is -2.01. The van der Waals surface area contributed by atoms with Crippen LogP contribution in [0.15, 0.2) is 24.4 Å². The number of carboxylic acid groups (broad SMARTS) is 1. The lowest BCUT2D eigenvalue weighted by Gasteiger charge is -2.07. The van der Waals surface area contributed by atoms with Gasteiger partial charge >= 0.3 is 5.97 Å². The van der Waals surface area contributed by atoms with Crippen LogP contribution in [-0.4, -0.2) is 38.6 Å². The van der Waals surface area contributed by atoms with Gasteiger partial charge in [0.25, 0.3) is 0 Å². The number of rotatable bonds is 18. The number of hydrogen-bond acceptors (Lipinski definition) is 3. The average Bonchev–Trinajstić information content (AvgIpc) is 3.03. The normalized spacial score (nSPS) is 12.9. The molecule has 0 saturated heterocycles. The van der Waals surface area contributed by atoms with Crippen molar-refractivity contribution in [2.24, 2.45) is 0 Å². The summed E-state index contributed by atoms with van der Waals surface area (Å²) in [5.74, 6) is -0.745. The van der Waals surface area contributed by atoms with Crippen LogP contribution >= 0.6 is 0 Å². The van der Waals surface area contributed by atoms with E-state index in [0.29, 0.717) is 6.42 Å². The molecule has 5 heteroatoms. The molecule has 1 aromatic heterocycles. The van der Waals surface area contributed by atoms with Crippen molar-refractivity contribution < 1.29 is 20.1 Å². The third kappa shape index (κ3) is 11.9. The number of nitrogens with zero attached hydrogens (tertiary/aromatic N) is 1. The van der Waals surface area contributed by atoms with Crippen LogP contribution in [0, 0.1) is 6.92 Å². The highest BCUT2D eigenvalue weighted by atomic mass is 16.4. The minimum Gasteiger partial charge on any atom is -0.481 e. The van der Waals surface area contributed by atoms with E-state index in [1.807, 2.05) is 6.08 Å². The van der Waals surface area contributed by atoms with Gasteiger partial charge in [0, 0.05) is 31.5 Å². The number of carboxylic acids is 1. The van der Waals surface area contributed by atoms with E-state index in [2.05, 4.69) is 42.8 Å². The summed E-state index contributed by atoms with van der Waals surface area (Å²) in [6, 6.07) is 0. The first kappa shape index (κ1) is 27.2. The van der Waals surface area contributed by atoms with Crippen LogP contribution in [0.3, 0.4) is 0 Å². The molecule has 0 spiro atoms. The lowest BCUT2D eigenvalue weighted by atomic mass is 10.0. The zero-order valence-electron chi connectivity index (χ0n) is 19.6. The Hall–Kier alpha value is -1.85. The largest absolute Gasteiger partial charge is 0.481 e. The number of aromatic nitrogens is 1. The number of aryl methyl sites for hydroxylation is 1. The summed E-state index contributed by atoms with van der Waals surface area (Å²) < 4.78 is 2.30. The maximum Gasteiger partial charge on any atom is 0.303 e. The molecule has 0 aliphatic heterocycles. The highest BCUT2D eigenvalue weighted by Crippen LogP contribution is 2.22. The van der Waals surface area contributed by atoms with Gasteiger partial charge in [-0.05, 0) is 56.6 Å². The number of hydrogen-bond donors (Lipinski definition) is 3. The molecule has 0 aliphatic carbocycles. The summed E-state index contributed by atoms with van der Waals surface area (Å²) in [6.07, 6.45) is 20.7. The molecule has 0 aliphatic rings. The van der Waals surface area contributed by atoms with E-state index in [4.69, 9.17) is 10.2 Å². The second-order valence-electron chi connectivity index (χ2n) is 8.36. The van der Waals surface area contributed by atoms with Crippen LogP contribution in [0.2, 0.25) is 0 Å². The molecule has 0 aromatic carbocycles.